The monoisotopic (exact) mass is 449 g/mol. The highest BCUT2D eigenvalue weighted by molar-refractivity contribution is 6.30. The van der Waals surface area contributed by atoms with Crippen molar-refractivity contribution in [3.63, 3.8) is 0 Å². The van der Waals surface area contributed by atoms with Crippen LogP contribution in [0.5, 0.6) is 11.5 Å². The lowest BCUT2D eigenvalue weighted by Gasteiger charge is -2.21. The molecule has 0 aliphatic carbocycles. The van der Waals surface area contributed by atoms with Crippen LogP contribution in [0, 0.1) is 5.82 Å². The van der Waals surface area contributed by atoms with E-state index in [4.69, 9.17) is 21.4 Å². The van der Waals surface area contributed by atoms with Crippen LogP contribution in [-0.4, -0.2) is 34.7 Å². The summed E-state index contributed by atoms with van der Waals surface area (Å²) in [6.07, 6.45) is 0.235. The number of halogens is 2. The Bertz CT molecular complexity index is 1190. The van der Waals surface area contributed by atoms with Gasteiger partial charge in [0.05, 0.1) is 41.9 Å². The van der Waals surface area contributed by atoms with Crippen LogP contribution in [0.2, 0.25) is 5.02 Å². The minimum atomic E-state index is -1.63. The minimum absolute atomic E-state index is 0.0227. The predicted octanol–water partition coefficient (Wildman–Crippen LogP) is 4.39. The standard InChI is InChI=1S/C22H21ClFNO6/c1-3-14(11-26)25-10-19(31-22(28)29)21(27)15-8-13(18(30-2)9-17(15)25)7-12-5-4-6-16(23)20(12)24/h4-6,8-10,14,26H,3,7,11H2,1-2H3,(H,28,29)/t14-/m0/s1. The third kappa shape index (κ3) is 4.50. The molecule has 0 spiro atoms. The molecule has 0 radical (unpaired) electrons. The molecule has 3 aromatic rings. The Hall–Kier alpha value is -3.10. The molecule has 1 aromatic heterocycles. The Balaban J connectivity index is 2.28. The molecule has 9 heteroatoms. The third-order valence-electron chi connectivity index (χ3n) is 5.09. The second-order valence-corrected chi connectivity index (χ2v) is 7.32. The molecule has 0 fully saturated rings. The van der Waals surface area contributed by atoms with Crippen molar-refractivity contribution in [1.29, 1.82) is 0 Å². The van der Waals surface area contributed by atoms with E-state index in [0.29, 0.717) is 28.8 Å². The van der Waals surface area contributed by atoms with Gasteiger partial charge in [-0.2, -0.15) is 0 Å². The number of carbonyl (C=O) groups is 1. The highest BCUT2D eigenvalue weighted by Crippen LogP contribution is 2.31. The first kappa shape index (κ1) is 22.6. The fourth-order valence-corrected chi connectivity index (χ4v) is 3.69. The highest BCUT2D eigenvalue weighted by Gasteiger charge is 2.20. The lowest BCUT2D eigenvalue weighted by molar-refractivity contribution is 0.143. The van der Waals surface area contributed by atoms with Crippen molar-refractivity contribution in [3.8, 4) is 11.5 Å². The quantitative estimate of drug-likeness (QED) is 0.519. The second kappa shape index (κ2) is 9.36. The Morgan fingerprint density at radius 1 is 1.26 bits per heavy atom. The van der Waals surface area contributed by atoms with Gasteiger partial charge in [-0.05, 0) is 29.7 Å². The fourth-order valence-electron chi connectivity index (χ4n) is 3.50. The first-order chi connectivity index (χ1) is 14.8. The molecule has 2 N–H and O–H groups in total. The molecule has 31 heavy (non-hydrogen) atoms. The van der Waals surface area contributed by atoms with Gasteiger partial charge in [0.25, 0.3) is 0 Å². The van der Waals surface area contributed by atoms with Crippen LogP contribution in [-0.2, 0) is 6.42 Å². The zero-order chi connectivity index (χ0) is 22.7. The van der Waals surface area contributed by atoms with Crippen molar-refractivity contribution in [1.82, 2.24) is 4.57 Å². The lowest BCUT2D eigenvalue weighted by atomic mass is 10.0. The molecule has 0 aliphatic heterocycles. The van der Waals surface area contributed by atoms with Crippen LogP contribution in [0.3, 0.4) is 0 Å². The number of aromatic nitrogens is 1. The Morgan fingerprint density at radius 3 is 2.61 bits per heavy atom. The van der Waals surface area contributed by atoms with E-state index in [-0.39, 0.29) is 23.4 Å². The van der Waals surface area contributed by atoms with Crippen molar-refractivity contribution < 1.29 is 28.9 Å². The van der Waals surface area contributed by atoms with Crippen LogP contribution in [0.4, 0.5) is 9.18 Å². The average molecular weight is 450 g/mol. The maximum atomic E-state index is 14.4. The van der Waals surface area contributed by atoms with Crippen LogP contribution >= 0.6 is 11.6 Å². The molecule has 0 saturated carbocycles. The second-order valence-electron chi connectivity index (χ2n) is 6.91. The Morgan fingerprint density at radius 2 is 2.00 bits per heavy atom. The summed E-state index contributed by atoms with van der Waals surface area (Å²) in [7, 11) is 1.45. The first-order valence-corrected chi connectivity index (χ1v) is 9.88. The van der Waals surface area contributed by atoms with E-state index in [1.54, 1.807) is 22.8 Å². The fraction of sp³-hybridized carbons (Fsp3) is 0.273. The van der Waals surface area contributed by atoms with Gasteiger partial charge >= 0.3 is 6.16 Å². The molecular weight excluding hydrogens is 429 g/mol. The topological polar surface area (TPSA) is 98.0 Å². The number of methoxy groups -OCH3 is 1. The summed E-state index contributed by atoms with van der Waals surface area (Å²) in [6, 6.07) is 7.33. The maximum Gasteiger partial charge on any atom is 0.511 e. The van der Waals surface area contributed by atoms with Gasteiger partial charge in [-0.15, -0.1) is 0 Å². The number of nitrogens with zero attached hydrogens (tertiary/aromatic N) is 1. The smallest absolute Gasteiger partial charge is 0.496 e. The molecule has 0 saturated heterocycles. The van der Waals surface area contributed by atoms with Crippen molar-refractivity contribution in [2.75, 3.05) is 13.7 Å². The van der Waals surface area contributed by atoms with Gasteiger partial charge in [0.2, 0.25) is 5.43 Å². The third-order valence-corrected chi connectivity index (χ3v) is 5.38. The number of ether oxygens (including phenoxy) is 2. The number of hydrogen-bond acceptors (Lipinski definition) is 5. The van der Waals surface area contributed by atoms with Gasteiger partial charge < -0.3 is 24.3 Å². The maximum absolute atomic E-state index is 14.4. The van der Waals surface area contributed by atoms with Gasteiger partial charge in [0, 0.05) is 12.5 Å². The Labute approximate surface area is 182 Å². The first-order valence-electron chi connectivity index (χ1n) is 9.50. The lowest BCUT2D eigenvalue weighted by Crippen LogP contribution is -2.20. The van der Waals surface area contributed by atoms with Gasteiger partial charge in [0.15, 0.2) is 5.75 Å². The molecule has 1 atom stereocenters. The summed E-state index contributed by atoms with van der Waals surface area (Å²) in [6.45, 7) is 1.61. The number of rotatable bonds is 7. The normalized spacial score (nSPS) is 12.0. The molecule has 0 amide bonds. The zero-order valence-corrected chi connectivity index (χ0v) is 17.6. The predicted molar refractivity (Wildman–Crippen MR) is 114 cm³/mol. The van der Waals surface area contributed by atoms with Crippen molar-refractivity contribution in [2.45, 2.75) is 25.8 Å². The summed E-state index contributed by atoms with van der Waals surface area (Å²) < 4.78 is 26.2. The van der Waals surface area contributed by atoms with Gasteiger partial charge in [-0.1, -0.05) is 30.7 Å². The van der Waals surface area contributed by atoms with Crippen LogP contribution < -0.4 is 14.9 Å². The van der Waals surface area contributed by atoms with Crippen LogP contribution in [0.25, 0.3) is 10.9 Å². The number of aliphatic hydroxyl groups excluding tert-OH is 1. The molecule has 7 nitrogen and oxygen atoms in total. The van der Waals surface area contributed by atoms with E-state index in [1.807, 2.05) is 6.92 Å². The molecule has 1 heterocycles. The number of fused-ring (bicyclic) bond motifs is 1. The van der Waals surface area contributed by atoms with E-state index in [2.05, 4.69) is 4.74 Å². The van der Waals surface area contributed by atoms with E-state index in [1.165, 1.54) is 25.4 Å². The largest absolute Gasteiger partial charge is 0.511 e. The van der Waals surface area contributed by atoms with Gasteiger partial charge in [-0.25, -0.2) is 9.18 Å². The molecule has 2 aromatic carbocycles. The zero-order valence-electron chi connectivity index (χ0n) is 16.9. The molecule has 0 bridgehead atoms. The summed E-state index contributed by atoms with van der Waals surface area (Å²) in [5, 5.41) is 18.9. The summed E-state index contributed by atoms with van der Waals surface area (Å²) in [4.78, 5) is 24.0. The molecule has 3 rings (SSSR count). The van der Waals surface area contributed by atoms with Crippen molar-refractivity contribution in [2.24, 2.45) is 0 Å². The highest BCUT2D eigenvalue weighted by atomic mass is 35.5. The Kier molecular flexibility index (Phi) is 6.82. The number of pyridine rings is 1. The number of carboxylic acid groups (broad SMARTS) is 1. The van der Waals surface area contributed by atoms with Gasteiger partial charge in [-0.3, -0.25) is 4.79 Å². The molecule has 0 aliphatic rings. The molecule has 164 valence electrons. The van der Waals surface area contributed by atoms with E-state index >= 15 is 0 Å². The van der Waals surface area contributed by atoms with Crippen molar-refractivity contribution in [3.05, 3.63) is 68.7 Å². The van der Waals surface area contributed by atoms with E-state index in [0.717, 1.165) is 0 Å². The average Bonchev–Trinajstić information content (AvgIpc) is 2.74. The summed E-state index contributed by atoms with van der Waals surface area (Å²) in [5.74, 6) is -0.560. The van der Waals surface area contributed by atoms with E-state index in [9.17, 15) is 19.1 Å². The van der Waals surface area contributed by atoms with Gasteiger partial charge in [0.1, 0.15) is 11.6 Å². The minimum Gasteiger partial charge on any atom is -0.496 e. The number of aliphatic hydroxyl groups is 1. The number of hydrogen-bond donors (Lipinski definition) is 2. The van der Waals surface area contributed by atoms with Crippen molar-refractivity contribution >= 4 is 28.7 Å². The van der Waals surface area contributed by atoms with Crippen LogP contribution in [0.15, 0.2) is 41.3 Å². The number of benzene rings is 2. The summed E-state index contributed by atoms with van der Waals surface area (Å²) >= 11 is 5.88. The SMILES string of the molecule is CC[C@@H](CO)n1cc(OC(=O)O)c(=O)c2cc(Cc3cccc(Cl)c3F)c(OC)cc21. The van der Waals surface area contributed by atoms with Crippen LogP contribution in [0.1, 0.15) is 30.5 Å². The van der Waals surface area contributed by atoms with E-state index < -0.39 is 29.2 Å². The molecular formula is C22H21ClFNO6. The molecule has 0 unspecified atom stereocenters. The summed E-state index contributed by atoms with van der Waals surface area (Å²) in [5.41, 5.74) is 0.599.